The molecule has 0 aliphatic carbocycles. The molecular weight excluding hydrogens is 380 g/mol. The molecule has 1 heterocycles. The van der Waals surface area contributed by atoms with E-state index >= 15 is 0 Å². The summed E-state index contributed by atoms with van der Waals surface area (Å²) in [6, 6.07) is 16.0. The van der Waals surface area contributed by atoms with Crippen LogP contribution >= 0.6 is 0 Å². The van der Waals surface area contributed by atoms with Crippen molar-refractivity contribution in [2.75, 3.05) is 0 Å². The topological polar surface area (TPSA) is 92.4 Å². The number of phenols is 1. The summed E-state index contributed by atoms with van der Waals surface area (Å²) >= 11 is 0. The second-order valence-corrected chi connectivity index (χ2v) is 6.75. The Hall–Kier alpha value is -3.85. The molecule has 0 unspecified atom stereocenters. The summed E-state index contributed by atoms with van der Waals surface area (Å²) in [6.07, 6.45) is 2.97. The minimum absolute atomic E-state index is 0.0156. The molecule has 3 rings (SSSR count). The van der Waals surface area contributed by atoms with Crippen molar-refractivity contribution in [2.45, 2.75) is 33.3 Å². The van der Waals surface area contributed by atoms with Crippen LogP contribution in [-0.2, 0) is 13.0 Å². The average Bonchev–Trinajstić information content (AvgIpc) is 2.74. The Bertz CT molecular complexity index is 1100. The van der Waals surface area contributed by atoms with E-state index in [2.05, 4.69) is 11.1 Å². The maximum atomic E-state index is 11.7. The van der Waals surface area contributed by atoms with Crippen molar-refractivity contribution in [3.63, 3.8) is 0 Å². The molecule has 6 nitrogen and oxygen atoms in total. The molecule has 1 N–H and O–H groups in total. The molecule has 6 heteroatoms. The molecule has 152 valence electrons. The fraction of sp³-hybridized carbons (Fsp3) is 0.208. The summed E-state index contributed by atoms with van der Waals surface area (Å²) < 4.78 is 11.7. The number of hydrogen-bond acceptors (Lipinski definition) is 6. The molecule has 30 heavy (non-hydrogen) atoms. The van der Waals surface area contributed by atoms with Crippen molar-refractivity contribution < 1.29 is 19.4 Å². The molecule has 0 aliphatic heterocycles. The van der Waals surface area contributed by atoms with Gasteiger partial charge in [0.1, 0.15) is 35.5 Å². The molecule has 0 spiro atoms. The van der Waals surface area contributed by atoms with E-state index in [-0.39, 0.29) is 24.0 Å². The molecule has 0 saturated carbocycles. The van der Waals surface area contributed by atoms with Crippen molar-refractivity contribution in [1.82, 2.24) is 4.98 Å². The molecular formula is C24H22N2O4. The van der Waals surface area contributed by atoms with Crippen LogP contribution in [0.2, 0.25) is 0 Å². The number of benzene rings is 2. The fourth-order valence-electron chi connectivity index (χ4n) is 3.06. The van der Waals surface area contributed by atoms with E-state index in [0.29, 0.717) is 34.6 Å². The van der Waals surface area contributed by atoms with E-state index in [1.165, 1.54) is 6.92 Å². The summed E-state index contributed by atoms with van der Waals surface area (Å²) in [4.78, 5) is 15.8. The number of hydrogen-bond donors (Lipinski definition) is 1. The lowest BCUT2D eigenvalue weighted by Gasteiger charge is -2.15. The normalized spacial score (nSPS) is 10.3. The minimum Gasteiger partial charge on any atom is -0.507 e. The number of ether oxygens (including phenoxy) is 2. The van der Waals surface area contributed by atoms with Crippen LogP contribution in [0.1, 0.15) is 47.3 Å². The first-order chi connectivity index (χ1) is 14.5. The van der Waals surface area contributed by atoms with Gasteiger partial charge >= 0.3 is 0 Å². The average molecular weight is 402 g/mol. The van der Waals surface area contributed by atoms with Gasteiger partial charge in [-0.3, -0.25) is 4.79 Å². The molecule has 0 amide bonds. The number of rotatable bonds is 8. The van der Waals surface area contributed by atoms with Crippen LogP contribution in [0, 0.1) is 11.3 Å². The van der Waals surface area contributed by atoms with Crippen LogP contribution in [0.15, 0.2) is 54.7 Å². The summed E-state index contributed by atoms with van der Waals surface area (Å²) in [5.74, 6) is 1.12. The molecule has 0 saturated heterocycles. The number of nitrogens with zero attached hydrogens (tertiary/aromatic N) is 2. The highest BCUT2D eigenvalue weighted by Gasteiger charge is 2.16. The molecule has 0 radical (unpaired) electrons. The van der Waals surface area contributed by atoms with Gasteiger partial charge in [0.2, 0.25) is 5.88 Å². The maximum absolute atomic E-state index is 11.7. The van der Waals surface area contributed by atoms with Gasteiger partial charge in [-0.1, -0.05) is 25.5 Å². The first kappa shape index (κ1) is 20.9. The highest BCUT2D eigenvalue weighted by Crippen LogP contribution is 2.33. The van der Waals surface area contributed by atoms with Gasteiger partial charge in [0.05, 0.1) is 5.56 Å². The van der Waals surface area contributed by atoms with Crippen molar-refractivity contribution in [3.8, 4) is 29.2 Å². The third-order valence-electron chi connectivity index (χ3n) is 4.52. The second-order valence-electron chi connectivity index (χ2n) is 6.75. The zero-order chi connectivity index (χ0) is 21.5. The maximum Gasteiger partial charge on any atom is 0.237 e. The number of aromatic nitrogens is 1. The zero-order valence-electron chi connectivity index (χ0n) is 16.9. The standard InChI is InChI=1S/C24H22N2O4/c1-3-6-21-22(11-10-20(16(2)27)23(21)28)29-15-17-7-4-9-19(13-17)30-24-18(14-25)8-5-12-26-24/h4-5,7-13,28H,3,6,15H2,1-2H3. The third-order valence-corrected chi connectivity index (χ3v) is 4.52. The van der Waals surface area contributed by atoms with Crippen LogP contribution < -0.4 is 9.47 Å². The number of carbonyl (C=O) groups excluding carboxylic acids is 1. The van der Waals surface area contributed by atoms with Crippen LogP contribution in [0.25, 0.3) is 0 Å². The number of nitriles is 1. The van der Waals surface area contributed by atoms with Gasteiger partial charge in [-0.25, -0.2) is 4.98 Å². The van der Waals surface area contributed by atoms with E-state index < -0.39 is 0 Å². The van der Waals surface area contributed by atoms with E-state index in [0.717, 1.165) is 12.0 Å². The van der Waals surface area contributed by atoms with Crippen molar-refractivity contribution >= 4 is 5.78 Å². The minimum atomic E-state index is -0.187. The van der Waals surface area contributed by atoms with Crippen LogP contribution in [0.5, 0.6) is 23.1 Å². The Morgan fingerprint density at radius 2 is 2.03 bits per heavy atom. The van der Waals surface area contributed by atoms with Gasteiger partial charge in [-0.05, 0) is 55.3 Å². The lowest BCUT2D eigenvalue weighted by Crippen LogP contribution is -2.02. The molecule has 2 aromatic carbocycles. The fourth-order valence-corrected chi connectivity index (χ4v) is 3.06. The highest BCUT2D eigenvalue weighted by molar-refractivity contribution is 5.97. The predicted octanol–water partition coefficient (Wildman–Crippen LogP) is 5.19. The van der Waals surface area contributed by atoms with Crippen molar-refractivity contribution in [1.29, 1.82) is 5.26 Å². The number of ketones is 1. The number of pyridine rings is 1. The molecule has 0 aliphatic rings. The molecule has 0 fully saturated rings. The number of aromatic hydroxyl groups is 1. The van der Waals surface area contributed by atoms with Gasteiger partial charge < -0.3 is 14.6 Å². The second kappa shape index (κ2) is 9.57. The number of phenolic OH excluding ortho intramolecular Hbond substituents is 1. The summed E-state index contributed by atoms with van der Waals surface area (Å²) in [6.45, 7) is 3.67. The van der Waals surface area contributed by atoms with E-state index in [4.69, 9.17) is 9.47 Å². The summed E-state index contributed by atoms with van der Waals surface area (Å²) in [5, 5.41) is 19.6. The van der Waals surface area contributed by atoms with E-state index in [9.17, 15) is 15.2 Å². The Balaban J connectivity index is 1.78. The van der Waals surface area contributed by atoms with Crippen molar-refractivity contribution in [2.24, 2.45) is 0 Å². The molecule has 0 atom stereocenters. The largest absolute Gasteiger partial charge is 0.507 e. The van der Waals surface area contributed by atoms with Crippen molar-refractivity contribution in [3.05, 3.63) is 77.0 Å². The van der Waals surface area contributed by atoms with Gasteiger partial charge in [0.25, 0.3) is 0 Å². The zero-order valence-corrected chi connectivity index (χ0v) is 16.9. The van der Waals surface area contributed by atoms with E-state index in [1.54, 1.807) is 42.6 Å². The summed E-state index contributed by atoms with van der Waals surface area (Å²) in [5.41, 5.74) is 2.12. The monoisotopic (exact) mass is 402 g/mol. The Labute approximate surface area is 175 Å². The summed E-state index contributed by atoms with van der Waals surface area (Å²) in [7, 11) is 0. The Morgan fingerprint density at radius 1 is 1.20 bits per heavy atom. The number of Topliss-reactive ketones (excluding diaryl/α,β-unsaturated/α-hetero) is 1. The van der Waals surface area contributed by atoms with Crippen LogP contribution in [0.4, 0.5) is 0 Å². The highest BCUT2D eigenvalue weighted by atomic mass is 16.5. The quantitative estimate of drug-likeness (QED) is 0.522. The van der Waals surface area contributed by atoms with Gasteiger partial charge in [0, 0.05) is 11.8 Å². The van der Waals surface area contributed by atoms with E-state index in [1.807, 2.05) is 19.1 Å². The number of carbonyl (C=O) groups is 1. The molecule has 0 bridgehead atoms. The third kappa shape index (κ3) is 4.76. The van der Waals surface area contributed by atoms with Gasteiger partial charge in [-0.15, -0.1) is 0 Å². The lowest BCUT2D eigenvalue weighted by molar-refractivity contribution is 0.101. The lowest BCUT2D eigenvalue weighted by atomic mass is 10.0. The first-order valence-electron chi connectivity index (χ1n) is 9.64. The van der Waals surface area contributed by atoms with Gasteiger partial charge in [-0.2, -0.15) is 5.26 Å². The Kier molecular flexibility index (Phi) is 6.66. The predicted molar refractivity (Wildman–Crippen MR) is 112 cm³/mol. The Morgan fingerprint density at radius 3 is 2.77 bits per heavy atom. The SMILES string of the molecule is CCCc1c(OCc2cccc(Oc3ncccc3C#N)c2)ccc(C(C)=O)c1O. The first-order valence-corrected chi connectivity index (χ1v) is 9.64. The smallest absolute Gasteiger partial charge is 0.237 e. The van der Waals surface area contributed by atoms with Crippen LogP contribution in [0.3, 0.4) is 0 Å². The van der Waals surface area contributed by atoms with Gasteiger partial charge in [0.15, 0.2) is 5.78 Å². The van der Waals surface area contributed by atoms with Crippen LogP contribution in [-0.4, -0.2) is 15.9 Å². The molecule has 3 aromatic rings. The molecule has 1 aromatic heterocycles.